The van der Waals surface area contributed by atoms with Crippen LogP contribution in [0.2, 0.25) is 0 Å². The molecule has 0 aliphatic carbocycles. The zero-order valence-electron chi connectivity index (χ0n) is 9.24. The average Bonchev–Trinajstić information content (AvgIpc) is 2.14. The predicted octanol–water partition coefficient (Wildman–Crippen LogP) is 0.803. The number of anilines is 1. The number of amides is 1. The molecule has 1 aromatic rings. The molecule has 82 valence electrons. The highest BCUT2D eigenvalue weighted by molar-refractivity contribution is 5.80. The fourth-order valence-corrected chi connectivity index (χ4v) is 1.02. The van der Waals surface area contributed by atoms with Crippen LogP contribution in [-0.2, 0) is 4.79 Å². The van der Waals surface area contributed by atoms with Crippen LogP contribution < -0.4 is 10.6 Å². The topological polar surface area (TPSA) is 66.9 Å². The van der Waals surface area contributed by atoms with Gasteiger partial charge in [0.15, 0.2) is 0 Å². The summed E-state index contributed by atoms with van der Waals surface area (Å²) < 4.78 is 0. The van der Waals surface area contributed by atoms with Crippen molar-refractivity contribution < 1.29 is 4.79 Å². The third kappa shape index (κ3) is 4.95. The highest BCUT2D eigenvalue weighted by Crippen LogP contribution is 1.99. The SMILES string of the molecule is CC(C)(C)NC(=O)CNc1cnccn1. The lowest BCUT2D eigenvalue weighted by molar-refractivity contribution is -0.120. The molecule has 15 heavy (non-hydrogen) atoms. The molecular weight excluding hydrogens is 192 g/mol. The first-order valence-corrected chi connectivity index (χ1v) is 4.78. The van der Waals surface area contributed by atoms with Gasteiger partial charge in [-0.05, 0) is 20.8 Å². The quantitative estimate of drug-likeness (QED) is 0.771. The van der Waals surface area contributed by atoms with Gasteiger partial charge in [0, 0.05) is 17.9 Å². The first-order chi connectivity index (χ1) is 6.97. The standard InChI is InChI=1S/C10H16N4O/c1-10(2,3)14-9(15)7-13-8-6-11-4-5-12-8/h4-6H,7H2,1-3H3,(H,12,13)(H,14,15). The Labute approximate surface area is 89.3 Å². The Hall–Kier alpha value is -1.65. The average molecular weight is 208 g/mol. The first kappa shape index (κ1) is 11.4. The van der Waals surface area contributed by atoms with Crippen molar-refractivity contribution in [3.63, 3.8) is 0 Å². The van der Waals surface area contributed by atoms with E-state index < -0.39 is 0 Å². The molecule has 0 saturated heterocycles. The van der Waals surface area contributed by atoms with Crippen LogP contribution >= 0.6 is 0 Å². The zero-order valence-corrected chi connectivity index (χ0v) is 9.24. The van der Waals surface area contributed by atoms with Crippen LogP contribution in [0, 0.1) is 0 Å². The van der Waals surface area contributed by atoms with Crippen molar-refractivity contribution in [2.24, 2.45) is 0 Å². The highest BCUT2D eigenvalue weighted by atomic mass is 16.2. The molecule has 1 amide bonds. The molecule has 0 fully saturated rings. The molecule has 0 atom stereocenters. The van der Waals surface area contributed by atoms with Crippen LogP contribution in [0.15, 0.2) is 18.6 Å². The van der Waals surface area contributed by atoms with E-state index in [0.29, 0.717) is 5.82 Å². The van der Waals surface area contributed by atoms with E-state index in [2.05, 4.69) is 20.6 Å². The largest absolute Gasteiger partial charge is 0.360 e. The minimum absolute atomic E-state index is 0.0619. The Morgan fingerprint density at radius 2 is 2.13 bits per heavy atom. The summed E-state index contributed by atoms with van der Waals surface area (Å²) in [5.74, 6) is 0.537. The van der Waals surface area contributed by atoms with Gasteiger partial charge in [0.1, 0.15) is 5.82 Å². The van der Waals surface area contributed by atoms with Gasteiger partial charge < -0.3 is 10.6 Å². The molecule has 0 saturated carbocycles. The lowest BCUT2D eigenvalue weighted by Crippen LogP contribution is -2.43. The Kier molecular flexibility index (Phi) is 3.60. The summed E-state index contributed by atoms with van der Waals surface area (Å²) >= 11 is 0. The molecule has 1 heterocycles. The highest BCUT2D eigenvalue weighted by Gasteiger charge is 2.12. The van der Waals surface area contributed by atoms with Crippen LogP contribution in [0.4, 0.5) is 5.82 Å². The maximum Gasteiger partial charge on any atom is 0.239 e. The van der Waals surface area contributed by atoms with Crippen molar-refractivity contribution in [1.29, 1.82) is 0 Å². The van der Waals surface area contributed by atoms with Gasteiger partial charge in [0.25, 0.3) is 0 Å². The number of carbonyl (C=O) groups is 1. The lowest BCUT2D eigenvalue weighted by Gasteiger charge is -2.20. The number of hydrogen-bond donors (Lipinski definition) is 2. The fraction of sp³-hybridized carbons (Fsp3) is 0.500. The minimum Gasteiger partial charge on any atom is -0.360 e. The van der Waals surface area contributed by atoms with E-state index in [9.17, 15) is 4.79 Å². The number of nitrogens with zero attached hydrogens (tertiary/aromatic N) is 2. The maximum atomic E-state index is 11.4. The summed E-state index contributed by atoms with van der Waals surface area (Å²) in [7, 11) is 0. The molecule has 5 nitrogen and oxygen atoms in total. The Bertz CT molecular complexity index is 318. The van der Waals surface area contributed by atoms with Gasteiger partial charge in [-0.1, -0.05) is 0 Å². The summed E-state index contributed by atoms with van der Waals surface area (Å²) in [6.45, 7) is 6.02. The monoisotopic (exact) mass is 208 g/mol. The Morgan fingerprint density at radius 3 is 2.67 bits per heavy atom. The van der Waals surface area contributed by atoms with Gasteiger partial charge in [0.05, 0.1) is 12.7 Å². The molecule has 0 bridgehead atoms. The van der Waals surface area contributed by atoms with Crippen molar-refractivity contribution in [3.8, 4) is 0 Å². The molecule has 0 unspecified atom stereocenters. The third-order valence-electron chi connectivity index (χ3n) is 1.51. The van der Waals surface area contributed by atoms with E-state index in [1.807, 2.05) is 20.8 Å². The molecule has 5 heteroatoms. The number of nitrogens with one attached hydrogen (secondary N) is 2. The second-order valence-corrected chi connectivity index (χ2v) is 4.24. The van der Waals surface area contributed by atoms with E-state index >= 15 is 0 Å². The molecule has 2 N–H and O–H groups in total. The van der Waals surface area contributed by atoms with Crippen LogP contribution in [0.1, 0.15) is 20.8 Å². The van der Waals surface area contributed by atoms with Crippen molar-refractivity contribution in [3.05, 3.63) is 18.6 Å². The van der Waals surface area contributed by atoms with Crippen molar-refractivity contribution in [2.75, 3.05) is 11.9 Å². The second-order valence-electron chi connectivity index (χ2n) is 4.24. The second kappa shape index (κ2) is 4.72. The van der Waals surface area contributed by atoms with Gasteiger partial charge in [-0.25, -0.2) is 4.98 Å². The number of carbonyl (C=O) groups excluding carboxylic acids is 1. The minimum atomic E-state index is -0.207. The fourth-order valence-electron chi connectivity index (χ4n) is 1.02. The normalized spacial score (nSPS) is 10.9. The van der Waals surface area contributed by atoms with Crippen molar-refractivity contribution >= 4 is 11.7 Å². The van der Waals surface area contributed by atoms with Crippen molar-refractivity contribution in [1.82, 2.24) is 15.3 Å². The van der Waals surface area contributed by atoms with Crippen LogP contribution in [0.5, 0.6) is 0 Å². The molecule has 1 aromatic heterocycles. The third-order valence-corrected chi connectivity index (χ3v) is 1.51. The van der Waals surface area contributed by atoms with E-state index in [-0.39, 0.29) is 18.0 Å². The Balaban J connectivity index is 2.35. The van der Waals surface area contributed by atoms with Gasteiger partial charge in [-0.15, -0.1) is 0 Å². The molecule has 0 aliphatic rings. The van der Waals surface area contributed by atoms with E-state index in [1.54, 1.807) is 18.6 Å². The van der Waals surface area contributed by atoms with Gasteiger partial charge in [0.2, 0.25) is 5.91 Å². The van der Waals surface area contributed by atoms with Crippen LogP contribution in [0.3, 0.4) is 0 Å². The summed E-state index contributed by atoms with van der Waals surface area (Å²) in [5.41, 5.74) is -0.207. The van der Waals surface area contributed by atoms with Crippen LogP contribution in [0.25, 0.3) is 0 Å². The van der Waals surface area contributed by atoms with E-state index in [0.717, 1.165) is 0 Å². The maximum absolute atomic E-state index is 11.4. The number of hydrogen-bond acceptors (Lipinski definition) is 4. The predicted molar refractivity (Wildman–Crippen MR) is 58.4 cm³/mol. The van der Waals surface area contributed by atoms with E-state index in [4.69, 9.17) is 0 Å². The smallest absolute Gasteiger partial charge is 0.239 e. The summed E-state index contributed by atoms with van der Waals surface area (Å²) in [6, 6.07) is 0. The summed E-state index contributed by atoms with van der Waals surface area (Å²) in [5, 5.41) is 5.72. The zero-order chi connectivity index (χ0) is 11.3. The Morgan fingerprint density at radius 1 is 1.40 bits per heavy atom. The summed E-state index contributed by atoms with van der Waals surface area (Å²) in [4.78, 5) is 19.3. The summed E-state index contributed by atoms with van der Waals surface area (Å²) in [6.07, 6.45) is 4.73. The first-order valence-electron chi connectivity index (χ1n) is 4.78. The number of rotatable bonds is 3. The van der Waals surface area contributed by atoms with Crippen LogP contribution in [-0.4, -0.2) is 28.0 Å². The van der Waals surface area contributed by atoms with Gasteiger partial charge in [-0.3, -0.25) is 9.78 Å². The molecule has 0 spiro atoms. The van der Waals surface area contributed by atoms with Crippen molar-refractivity contribution in [2.45, 2.75) is 26.3 Å². The van der Waals surface area contributed by atoms with Gasteiger partial charge in [-0.2, -0.15) is 0 Å². The molecule has 0 aromatic carbocycles. The van der Waals surface area contributed by atoms with E-state index in [1.165, 1.54) is 0 Å². The molecule has 0 aliphatic heterocycles. The lowest BCUT2D eigenvalue weighted by atomic mass is 10.1. The van der Waals surface area contributed by atoms with Gasteiger partial charge >= 0.3 is 0 Å². The molecule has 1 rings (SSSR count). The molecular formula is C10H16N4O. The number of aromatic nitrogens is 2. The molecule has 0 radical (unpaired) electrons.